The quantitative estimate of drug-likeness (QED) is 0.106. The number of aliphatic hydroxyl groups excluding tert-OH is 3. The summed E-state index contributed by atoms with van der Waals surface area (Å²) in [6, 6.07) is 10.0. The normalized spacial score (nSPS) is 31.1. The highest BCUT2D eigenvalue weighted by Gasteiger charge is 2.54. The molecule has 10 atom stereocenters. The molecule has 0 amide bonds. The summed E-state index contributed by atoms with van der Waals surface area (Å²) in [6.07, 6.45) is -4.08. The van der Waals surface area contributed by atoms with Crippen LogP contribution in [0, 0.1) is 17.8 Å². The second kappa shape index (κ2) is 15.1. The first-order chi connectivity index (χ1) is 23.3. The van der Waals surface area contributed by atoms with Crippen LogP contribution < -0.4 is 0 Å². The van der Waals surface area contributed by atoms with Gasteiger partial charge in [-0.2, -0.15) is 0 Å². The van der Waals surface area contributed by atoms with Gasteiger partial charge in [0, 0.05) is 29.9 Å². The SMILES string of the molecule is C[C@H]1C2C(C[C@@H]1OC(=O)/C=C/c1ccc(O)cc1)C(C(=O)O)=CO[C@H]2O[C@@H]1O[C@H](COC(=O)/C=C/c2ccc(O)c(O)c2)[C@@H](O)[C@H](O)[C@H]1O. The van der Waals surface area contributed by atoms with Gasteiger partial charge < -0.3 is 59.4 Å². The Hall–Kier alpha value is -4.93. The number of aliphatic carboxylic acids is 1. The first kappa shape index (κ1) is 35.4. The van der Waals surface area contributed by atoms with Crippen LogP contribution in [0.5, 0.6) is 17.2 Å². The van der Waals surface area contributed by atoms with E-state index in [1.165, 1.54) is 48.6 Å². The summed E-state index contributed by atoms with van der Waals surface area (Å²) in [5.74, 6) is -5.38. The molecule has 3 aliphatic rings. The third-order valence-corrected chi connectivity index (χ3v) is 8.74. The summed E-state index contributed by atoms with van der Waals surface area (Å²) in [5, 5.41) is 70.1. The monoisotopic (exact) mass is 684 g/mol. The average Bonchev–Trinajstić information content (AvgIpc) is 3.39. The molecule has 1 saturated carbocycles. The van der Waals surface area contributed by atoms with Crippen LogP contribution in [0.15, 0.2) is 66.5 Å². The molecule has 2 fully saturated rings. The largest absolute Gasteiger partial charge is 0.508 e. The molecule has 7 N–H and O–H groups in total. The minimum Gasteiger partial charge on any atom is -0.508 e. The zero-order valence-corrected chi connectivity index (χ0v) is 26.0. The van der Waals surface area contributed by atoms with Gasteiger partial charge in [0.05, 0.1) is 11.8 Å². The van der Waals surface area contributed by atoms with Gasteiger partial charge in [0.15, 0.2) is 17.8 Å². The lowest BCUT2D eigenvalue weighted by molar-refractivity contribution is -0.342. The maximum Gasteiger partial charge on any atom is 0.334 e. The van der Waals surface area contributed by atoms with Crippen LogP contribution in [0.1, 0.15) is 24.5 Å². The fourth-order valence-electron chi connectivity index (χ4n) is 6.07. The Bertz CT molecular complexity index is 1620. The predicted molar refractivity (Wildman–Crippen MR) is 166 cm³/mol. The maximum absolute atomic E-state index is 12.7. The number of hydrogen-bond acceptors (Lipinski definition) is 14. The van der Waals surface area contributed by atoms with E-state index >= 15 is 0 Å². The number of hydrogen-bond donors (Lipinski definition) is 7. The molecule has 1 saturated heterocycles. The van der Waals surface area contributed by atoms with E-state index in [1.54, 1.807) is 19.1 Å². The maximum atomic E-state index is 12.7. The molecule has 2 unspecified atom stereocenters. The van der Waals surface area contributed by atoms with Gasteiger partial charge in [0.25, 0.3) is 0 Å². The molecule has 262 valence electrons. The predicted octanol–water partition coefficient (Wildman–Crippen LogP) is 1.41. The van der Waals surface area contributed by atoms with Crippen LogP contribution >= 0.6 is 0 Å². The first-order valence-electron chi connectivity index (χ1n) is 15.3. The Morgan fingerprint density at radius 3 is 2.22 bits per heavy atom. The third-order valence-electron chi connectivity index (χ3n) is 8.74. The fourth-order valence-corrected chi connectivity index (χ4v) is 6.07. The lowest BCUT2D eigenvalue weighted by atomic mass is 9.83. The standard InChI is InChI=1S/C34H36O15/c1-16-24(47-27(39)11-5-17-2-7-19(35)8-3-17)13-20-21(32(43)44)14-46-33(28(16)20)49-34-31(42)30(41)29(40)25(48-34)15-45-26(38)10-6-18-4-9-22(36)23(37)12-18/h2-12,14,16,20,24-25,28-31,33-37,40-42H,13,15H2,1H3,(H,43,44)/b10-6+,11-5+/t16-,20?,24+,25-,28?,29-,30+,31-,33+,34+/m1/s1. The van der Waals surface area contributed by atoms with E-state index in [4.69, 9.17) is 23.7 Å². The molecular formula is C34H36O15. The number of phenols is 3. The fraction of sp³-hybridized carbons (Fsp3) is 0.382. The lowest BCUT2D eigenvalue weighted by Crippen LogP contribution is -2.60. The molecule has 0 radical (unpaired) electrons. The summed E-state index contributed by atoms with van der Waals surface area (Å²) < 4.78 is 28.1. The first-order valence-corrected chi connectivity index (χ1v) is 15.3. The van der Waals surface area contributed by atoms with Crippen molar-refractivity contribution >= 4 is 30.1 Å². The number of carbonyl (C=O) groups excluding carboxylic acids is 2. The van der Waals surface area contributed by atoms with E-state index in [1.807, 2.05) is 0 Å². The molecule has 0 aromatic heterocycles. The van der Waals surface area contributed by atoms with Crippen molar-refractivity contribution in [3.8, 4) is 17.2 Å². The van der Waals surface area contributed by atoms with Crippen LogP contribution in [-0.2, 0) is 38.1 Å². The summed E-state index contributed by atoms with van der Waals surface area (Å²) >= 11 is 0. The molecule has 2 aromatic carbocycles. The molecule has 49 heavy (non-hydrogen) atoms. The Labute approximate surface area is 279 Å². The highest BCUT2D eigenvalue weighted by atomic mass is 16.8. The number of fused-ring (bicyclic) bond motifs is 1. The molecular weight excluding hydrogens is 648 g/mol. The third kappa shape index (κ3) is 8.21. The zero-order chi connectivity index (χ0) is 35.4. The number of carboxylic acid groups (broad SMARTS) is 1. The van der Waals surface area contributed by atoms with Crippen molar-refractivity contribution in [3.05, 3.63) is 77.6 Å². The van der Waals surface area contributed by atoms with Gasteiger partial charge in [-0.1, -0.05) is 25.1 Å². The van der Waals surface area contributed by atoms with Crippen molar-refractivity contribution in [2.24, 2.45) is 17.8 Å². The Morgan fingerprint density at radius 1 is 0.857 bits per heavy atom. The van der Waals surface area contributed by atoms with E-state index in [0.29, 0.717) is 11.1 Å². The number of aliphatic hydroxyl groups is 3. The van der Waals surface area contributed by atoms with E-state index < -0.39 is 91.1 Å². The van der Waals surface area contributed by atoms with Crippen molar-refractivity contribution in [2.45, 2.75) is 56.4 Å². The van der Waals surface area contributed by atoms with Gasteiger partial charge in [0.2, 0.25) is 6.29 Å². The topological polar surface area (TPSA) is 239 Å². The molecule has 2 aliphatic heterocycles. The van der Waals surface area contributed by atoms with Crippen molar-refractivity contribution < 1.29 is 73.8 Å². The van der Waals surface area contributed by atoms with E-state index in [9.17, 15) is 50.1 Å². The summed E-state index contributed by atoms with van der Waals surface area (Å²) in [7, 11) is 0. The molecule has 0 spiro atoms. The number of rotatable bonds is 10. The highest BCUT2D eigenvalue weighted by Crippen LogP contribution is 2.48. The molecule has 15 nitrogen and oxygen atoms in total. The number of carbonyl (C=O) groups is 3. The average molecular weight is 685 g/mol. The van der Waals surface area contributed by atoms with E-state index in [0.717, 1.165) is 12.3 Å². The second-order valence-electron chi connectivity index (χ2n) is 11.9. The molecule has 2 heterocycles. The van der Waals surface area contributed by atoms with Crippen molar-refractivity contribution in [1.29, 1.82) is 0 Å². The van der Waals surface area contributed by atoms with Gasteiger partial charge in [0.1, 0.15) is 42.9 Å². The molecule has 1 aliphatic carbocycles. The van der Waals surface area contributed by atoms with E-state index in [2.05, 4.69) is 0 Å². The highest BCUT2D eigenvalue weighted by molar-refractivity contribution is 5.88. The number of benzene rings is 2. The molecule has 15 heteroatoms. The summed E-state index contributed by atoms with van der Waals surface area (Å²) in [6.45, 7) is 1.16. The number of aromatic hydroxyl groups is 3. The minimum atomic E-state index is -1.79. The molecule has 0 bridgehead atoms. The Balaban J connectivity index is 1.23. The number of phenolic OH excluding ortho intramolecular Hbond substituents is 3. The van der Waals surface area contributed by atoms with Gasteiger partial charge in [-0.05, 0) is 54.0 Å². The summed E-state index contributed by atoms with van der Waals surface area (Å²) in [5.41, 5.74) is 0.942. The van der Waals surface area contributed by atoms with Gasteiger partial charge in [-0.15, -0.1) is 0 Å². The second-order valence-corrected chi connectivity index (χ2v) is 11.9. The smallest absolute Gasteiger partial charge is 0.334 e. The minimum absolute atomic E-state index is 0.0675. The lowest BCUT2D eigenvalue weighted by Gasteiger charge is -2.43. The Morgan fingerprint density at radius 2 is 1.53 bits per heavy atom. The van der Waals surface area contributed by atoms with Crippen LogP contribution in [0.4, 0.5) is 0 Å². The number of carboxylic acids is 1. The molecule has 2 aromatic rings. The van der Waals surface area contributed by atoms with Crippen molar-refractivity contribution in [1.82, 2.24) is 0 Å². The molecule has 5 rings (SSSR count). The van der Waals surface area contributed by atoms with Crippen molar-refractivity contribution in [3.63, 3.8) is 0 Å². The number of ether oxygens (including phenoxy) is 5. The summed E-state index contributed by atoms with van der Waals surface area (Å²) in [4.78, 5) is 37.0. The Kier molecular flexibility index (Phi) is 10.9. The van der Waals surface area contributed by atoms with Crippen LogP contribution in [0.2, 0.25) is 0 Å². The van der Waals surface area contributed by atoms with E-state index in [-0.39, 0.29) is 23.5 Å². The van der Waals surface area contributed by atoms with Gasteiger partial charge in [-0.25, -0.2) is 14.4 Å². The van der Waals surface area contributed by atoms with Crippen molar-refractivity contribution in [2.75, 3.05) is 6.61 Å². The van der Waals surface area contributed by atoms with Crippen LogP contribution in [0.25, 0.3) is 12.2 Å². The van der Waals surface area contributed by atoms with Gasteiger partial charge in [-0.3, -0.25) is 0 Å². The zero-order valence-electron chi connectivity index (χ0n) is 26.0. The number of esters is 2. The van der Waals surface area contributed by atoms with Crippen LogP contribution in [-0.4, -0.2) is 103 Å². The van der Waals surface area contributed by atoms with Crippen LogP contribution in [0.3, 0.4) is 0 Å². The van der Waals surface area contributed by atoms with Gasteiger partial charge >= 0.3 is 17.9 Å².